The Hall–Kier alpha value is -1.83. The quantitative estimate of drug-likeness (QED) is 0.386. The van der Waals surface area contributed by atoms with Gasteiger partial charge in [-0.1, -0.05) is 0 Å². The molecule has 0 spiro atoms. The second-order valence-electron chi connectivity index (χ2n) is 5.41. The Labute approximate surface area is 151 Å². The van der Waals surface area contributed by atoms with Crippen molar-refractivity contribution in [2.45, 2.75) is 33.1 Å². The molecule has 2 aromatic carbocycles. The fourth-order valence-corrected chi connectivity index (χ4v) is 4.54. The summed E-state index contributed by atoms with van der Waals surface area (Å²) in [5, 5.41) is 0. The zero-order chi connectivity index (χ0) is 17.2. The SMILES string of the molecule is CCCC/C(=C(\[Se]c1ccccc1)C(=O)OCC)c1ccccc1. The molecule has 0 amide bonds. The van der Waals surface area contributed by atoms with Gasteiger partial charge in [-0.25, -0.2) is 0 Å². The molecule has 0 fully saturated rings. The van der Waals surface area contributed by atoms with Crippen LogP contribution in [0.1, 0.15) is 38.7 Å². The average molecular weight is 387 g/mol. The van der Waals surface area contributed by atoms with Gasteiger partial charge in [0, 0.05) is 0 Å². The second-order valence-corrected chi connectivity index (χ2v) is 7.69. The number of ether oxygens (including phenoxy) is 1. The van der Waals surface area contributed by atoms with Crippen LogP contribution in [0.2, 0.25) is 0 Å². The van der Waals surface area contributed by atoms with Gasteiger partial charge >= 0.3 is 151 Å². The number of hydrogen-bond acceptors (Lipinski definition) is 2. The van der Waals surface area contributed by atoms with Gasteiger partial charge in [0.25, 0.3) is 0 Å². The number of carbonyl (C=O) groups excluding carboxylic acids is 1. The first-order chi connectivity index (χ1) is 11.8. The maximum absolute atomic E-state index is 12.7. The summed E-state index contributed by atoms with van der Waals surface area (Å²) in [7, 11) is 0. The summed E-state index contributed by atoms with van der Waals surface area (Å²) >= 11 is -0.0631. The van der Waals surface area contributed by atoms with Gasteiger partial charge in [-0.05, 0) is 0 Å². The second kappa shape index (κ2) is 10.1. The Balaban J connectivity index is 2.47. The molecule has 0 N–H and O–H groups in total. The Kier molecular flexibility index (Phi) is 7.81. The van der Waals surface area contributed by atoms with E-state index in [1.807, 2.05) is 43.3 Å². The van der Waals surface area contributed by atoms with Crippen molar-refractivity contribution in [3.8, 4) is 0 Å². The van der Waals surface area contributed by atoms with Crippen molar-refractivity contribution in [3.05, 3.63) is 70.7 Å². The van der Waals surface area contributed by atoms with Crippen molar-refractivity contribution in [1.29, 1.82) is 0 Å². The zero-order valence-corrected chi connectivity index (χ0v) is 16.0. The Morgan fingerprint density at radius 1 is 0.958 bits per heavy atom. The summed E-state index contributed by atoms with van der Waals surface area (Å²) in [6.45, 7) is 4.44. The van der Waals surface area contributed by atoms with Gasteiger partial charge in [0.2, 0.25) is 0 Å². The summed E-state index contributed by atoms with van der Waals surface area (Å²) < 4.78 is 7.41. The van der Waals surface area contributed by atoms with Crippen molar-refractivity contribution in [1.82, 2.24) is 0 Å². The Bertz CT molecular complexity index is 663. The molecule has 0 saturated heterocycles. The van der Waals surface area contributed by atoms with Gasteiger partial charge in [-0.3, -0.25) is 0 Å². The number of rotatable bonds is 8. The fourth-order valence-electron chi connectivity index (χ4n) is 2.41. The summed E-state index contributed by atoms with van der Waals surface area (Å²) in [6.07, 6.45) is 3.08. The van der Waals surface area contributed by atoms with E-state index >= 15 is 0 Å². The van der Waals surface area contributed by atoms with E-state index in [0.717, 1.165) is 34.9 Å². The third kappa shape index (κ3) is 5.36. The number of carbonyl (C=O) groups is 1. The fraction of sp³-hybridized carbons (Fsp3) is 0.286. The molecule has 0 bridgehead atoms. The summed E-state index contributed by atoms with van der Waals surface area (Å²) in [6, 6.07) is 20.5. The van der Waals surface area contributed by atoms with E-state index in [-0.39, 0.29) is 20.9 Å². The summed E-state index contributed by atoms with van der Waals surface area (Å²) in [5.74, 6) is -0.170. The van der Waals surface area contributed by atoms with Crippen LogP contribution in [0.4, 0.5) is 0 Å². The van der Waals surface area contributed by atoms with Crippen LogP contribution in [-0.4, -0.2) is 27.5 Å². The van der Waals surface area contributed by atoms with Gasteiger partial charge < -0.3 is 0 Å². The van der Waals surface area contributed by atoms with Crippen molar-refractivity contribution in [3.63, 3.8) is 0 Å². The van der Waals surface area contributed by atoms with Crippen LogP contribution in [0.5, 0.6) is 0 Å². The standard InChI is InChI=1S/C21H24O2Se/c1-3-5-16-19(17-12-8-6-9-13-17)20(21(22)23-4-2)24-18-14-10-7-11-15-18/h6-15H,3-5,16H2,1-2H3/b20-19+. The third-order valence-electron chi connectivity index (χ3n) is 3.60. The van der Waals surface area contributed by atoms with E-state index in [0.29, 0.717) is 6.61 Å². The Morgan fingerprint density at radius 2 is 1.58 bits per heavy atom. The maximum atomic E-state index is 12.7. The van der Waals surface area contributed by atoms with Crippen LogP contribution >= 0.6 is 0 Å². The number of hydrogen-bond donors (Lipinski definition) is 0. The van der Waals surface area contributed by atoms with E-state index < -0.39 is 0 Å². The molecule has 2 aromatic rings. The molecule has 0 aliphatic heterocycles. The van der Waals surface area contributed by atoms with Crippen LogP contribution in [0, 0.1) is 0 Å². The number of esters is 1. The van der Waals surface area contributed by atoms with E-state index in [9.17, 15) is 4.79 Å². The van der Waals surface area contributed by atoms with E-state index in [2.05, 4.69) is 31.2 Å². The first kappa shape index (κ1) is 18.5. The van der Waals surface area contributed by atoms with E-state index in [4.69, 9.17) is 4.74 Å². The molecule has 0 aromatic heterocycles. The van der Waals surface area contributed by atoms with Crippen LogP contribution in [0.25, 0.3) is 5.57 Å². The number of allylic oxidation sites excluding steroid dienone is 1. The number of benzene rings is 2. The van der Waals surface area contributed by atoms with Crippen molar-refractivity contribution in [2.24, 2.45) is 0 Å². The minimum absolute atomic E-state index is 0.0631. The third-order valence-corrected chi connectivity index (χ3v) is 5.96. The molecule has 3 heteroatoms. The first-order valence-electron chi connectivity index (χ1n) is 8.44. The molecule has 0 saturated carbocycles. The van der Waals surface area contributed by atoms with Crippen LogP contribution in [0.15, 0.2) is 65.1 Å². The van der Waals surface area contributed by atoms with Crippen LogP contribution in [-0.2, 0) is 9.53 Å². The van der Waals surface area contributed by atoms with Crippen molar-refractivity contribution in [2.75, 3.05) is 6.61 Å². The van der Waals surface area contributed by atoms with Gasteiger partial charge in [-0.15, -0.1) is 0 Å². The monoisotopic (exact) mass is 388 g/mol. The predicted octanol–water partition coefficient (Wildman–Crippen LogP) is 4.18. The van der Waals surface area contributed by atoms with Crippen LogP contribution < -0.4 is 4.46 Å². The van der Waals surface area contributed by atoms with Gasteiger partial charge in [0.05, 0.1) is 0 Å². The molecule has 0 heterocycles. The molecule has 2 nitrogen and oxygen atoms in total. The Morgan fingerprint density at radius 3 is 2.17 bits per heavy atom. The van der Waals surface area contributed by atoms with Gasteiger partial charge in [0.1, 0.15) is 0 Å². The summed E-state index contributed by atoms with van der Waals surface area (Å²) in [4.78, 5) is 12.7. The molecular weight excluding hydrogens is 363 g/mol. The molecule has 2 rings (SSSR count). The molecule has 126 valence electrons. The molecule has 0 radical (unpaired) electrons. The summed E-state index contributed by atoms with van der Waals surface area (Å²) in [5.41, 5.74) is 2.27. The molecule has 24 heavy (non-hydrogen) atoms. The zero-order valence-electron chi connectivity index (χ0n) is 14.3. The topological polar surface area (TPSA) is 26.3 Å². The van der Waals surface area contributed by atoms with Gasteiger partial charge in [0.15, 0.2) is 0 Å². The predicted molar refractivity (Wildman–Crippen MR) is 101 cm³/mol. The van der Waals surface area contributed by atoms with Crippen molar-refractivity contribution >= 4 is 31.0 Å². The molecule has 0 atom stereocenters. The average Bonchev–Trinajstić information content (AvgIpc) is 2.63. The molecule has 0 aliphatic rings. The van der Waals surface area contributed by atoms with E-state index in [1.165, 1.54) is 4.46 Å². The van der Waals surface area contributed by atoms with Crippen LogP contribution in [0.3, 0.4) is 0 Å². The molecule has 0 unspecified atom stereocenters. The molecule has 0 aliphatic carbocycles. The minimum atomic E-state index is -0.170. The molecular formula is C21H24O2Se. The van der Waals surface area contributed by atoms with Gasteiger partial charge in [-0.2, -0.15) is 0 Å². The van der Waals surface area contributed by atoms with Crippen molar-refractivity contribution < 1.29 is 9.53 Å². The normalized spacial score (nSPS) is 11.8. The number of unbranched alkanes of at least 4 members (excludes halogenated alkanes) is 1. The van der Waals surface area contributed by atoms with E-state index in [1.54, 1.807) is 0 Å². The first-order valence-corrected chi connectivity index (χ1v) is 10.2.